The molecule has 0 unspecified atom stereocenters. The molecule has 10 rings (SSSR count). The maximum absolute atomic E-state index is 6.97. The Hall–Kier alpha value is -4.21. The molecule has 46 heavy (non-hydrogen) atoms. The summed E-state index contributed by atoms with van der Waals surface area (Å²) in [6, 6.07) is 33.0. The Labute approximate surface area is 276 Å². The standard InChI is InChI=1S/C41H35B2NOS/c1-21(2)24-11-13-27-29-15-16-35-37-39(29)44-38-31(28-14-12-25(22(3)4)19-33(28)43(44)32(27)18-24)17-26(23(5)6)20-34(38)42(37)41-40(45-35)30-9-7-8-10-36(30)46-41/h7-23H,1-6H3. The molecule has 0 amide bonds. The highest BCUT2D eigenvalue weighted by atomic mass is 32.1. The van der Waals surface area contributed by atoms with Crippen LogP contribution in [0.3, 0.4) is 0 Å². The van der Waals surface area contributed by atoms with Gasteiger partial charge in [-0.15, -0.1) is 11.3 Å². The SMILES string of the molecule is CC(C)c1ccc2c(c1)B1c3cc(C(C)C)ccc3-c3ccc4c5c3N1c1c(cc(C(C)C)cc1-2)B5c1sc2ccccc2c1O4. The normalized spacial score (nSPS) is 14.5. The molecule has 0 saturated carbocycles. The number of anilines is 2. The third kappa shape index (κ3) is 3.34. The number of thiophene rings is 1. The Morgan fingerprint density at radius 1 is 0.609 bits per heavy atom. The summed E-state index contributed by atoms with van der Waals surface area (Å²) >= 11 is 1.91. The Bertz CT molecular complexity index is 2310. The summed E-state index contributed by atoms with van der Waals surface area (Å²) < 4.78 is 9.60. The number of hydrogen-bond acceptors (Lipinski definition) is 3. The van der Waals surface area contributed by atoms with Gasteiger partial charge in [-0.1, -0.05) is 96.1 Å². The van der Waals surface area contributed by atoms with E-state index in [2.05, 4.69) is 131 Å². The third-order valence-corrected chi connectivity index (χ3v) is 12.3. The molecule has 0 N–H and O–H groups in total. The second-order valence-electron chi connectivity index (χ2n) is 14.6. The van der Waals surface area contributed by atoms with Gasteiger partial charge in [0.1, 0.15) is 11.5 Å². The zero-order valence-electron chi connectivity index (χ0n) is 27.2. The molecule has 4 aliphatic rings. The molecule has 0 atom stereocenters. The van der Waals surface area contributed by atoms with Crippen LogP contribution in [-0.4, -0.2) is 13.6 Å². The van der Waals surface area contributed by atoms with E-state index in [1.165, 1.54) is 87.0 Å². The molecule has 1 aromatic heterocycles. The van der Waals surface area contributed by atoms with Crippen molar-refractivity contribution < 1.29 is 4.74 Å². The van der Waals surface area contributed by atoms with Gasteiger partial charge in [0, 0.05) is 37.4 Å². The first-order valence-corrected chi connectivity index (χ1v) is 17.7. The van der Waals surface area contributed by atoms with Gasteiger partial charge < -0.3 is 9.55 Å². The fourth-order valence-electron chi connectivity index (χ4n) is 8.66. The second kappa shape index (κ2) is 9.20. The second-order valence-corrected chi connectivity index (χ2v) is 15.7. The minimum atomic E-state index is 0.0994. The molecule has 0 bridgehead atoms. The van der Waals surface area contributed by atoms with Crippen LogP contribution in [0.5, 0.6) is 11.5 Å². The van der Waals surface area contributed by atoms with E-state index in [4.69, 9.17) is 4.74 Å². The maximum Gasteiger partial charge on any atom is 0.329 e. The molecule has 6 aromatic rings. The van der Waals surface area contributed by atoms with Crippen LogP contribution in [-0.2, 0) is 0 Å². The molecule has 0 radical (unpaired) electrons. The van der Waals surface area contributed by atoms with Crippen LogP contribution >= 0.6 is 11.3 Å². The van der Waals surface area contributed by atoms with Crippen molar-refractivity contribution in [3.8, 4) is 33.8 Å². The van der Waals surface area contributed by atoms with E-state index in [0.717, 1.165) is 11.5 Å². The first-order chi connectivity index (χ1) is 22.3. The summed E-state index contributed by atoms with van der Waals surface area (Å²) in [7, 11) is 0. The van der Waals surface area contributed by atoms with Crippen molar-refractivity contribution in [2.24, 2.45) is 0 Å². The minimum Gasteiger partial charge on any atom is -0.457 e. The van der Waals surface area contributed by atoms with Crippen LogP contribution in [0.25, 0.3) is 32.3 Å². The van der Waals surface area contributed by atoms with Gasteiger partial charge in [0.05, 0.1) is 0 Å². The quantitative estimate of drug-likeness (QED) is 0.187. The predicted molar refractivity (Wildman–Crippen MR) is 200 cm³/mol. The summed E-state index contributed by atoms with van der Waals surface area (Å²) in [6.07, 6.45) is 0. The number of fused-ring (bicyclic) bond motifs is 11. The lowest BCUT2D eigenvalue weighted by Gasteiger charge is -2.50. The zero-order chi connectivity index (χ0) is 31.2. The highest BCUT2D eigenvalue weighted by molar-refractivity contribution is 7.33. The number of benzene rings is 5. The Balaban J connectivity index is 1.39. The molecule has 5 aromatic carbocycles. The van der Waals surface area contributed by atoms with E-state index in [9.17, 15) is 0 Å². The summed E-state index contributed by atoms with van der Waals surface area (Å²) in [5.74, 6) is 3.39. The van der Waals surface area contributed by atoms with Crippen molar-refractivity contribution in [2.75, 3.05) is 4.81 Å². The summed E-state index contributed by atoms with van der Waals surface area (Å²) in [6.45, 7) is 14.2. The molecule has 5 heteroatoms. The van der Waals surface area contributed by atoms with E-state index >= 15 is 0 Å². The van der Waals surface area contributed by atoms with Gasteiger partial charge in [0.2, 0.25) is 0 Å². The number of hydrogen-bond donors (Lipinski definition) is 0. The first-order valence-electron chi connectivity index (χ1n) is 16.9. The number of rotatable bonds is 3. The molecular formula is C41H35B2NOS. The first kappa shape index (κ1) is 27.0. The minimum absolute atomic E-state index is 0.0994. The molecule has 4 aliphatic heterocycles. The van der Waals surface area contributed by atoms with Crippen molar-refractivity contribution in [1.82, 2.24) is 0 Å². The highest BCUT2D eigenvalue weighted by Gasteiger charge is 2.52. The average Bonchev–Trinajstić information content (AvgIpc) is 3.43. The lowest BCUT2D eigenvalue weighted by molar-refractivity contribution is 0.495. The molecule has 0 aliphatic carbocycles. The van der Waals surface area contributed by atoms with Gasteiger partial charge in [-0.3, -0.25) is 0 Å². The summed E-state index contributed by atoms with van der Waals surface area (Å²) in [5, 5.41) is 1.22. The van der Waals surface area contributed by atoms with Crippen LogP contribution in [0.15, 0.2) is 84.9 Å². The fraction of sp³-hybridized carbons (Fsp3) is 0.220. The van der Waals surface area contributed by atoms with Gasteiger partial charge in [0.25, 0.3) is 6.71 Å². The van der Waals surface area contributed by atoms with E-state index in [-0.39, 0.29) is 13.6 Å². The van der Waals surface area contributed by atoms with Crippen LogP contribution in [0.2, 0.25) is 0 Å². The Morgan fingerprint density at radius 3 is 1.93 bits per heavy atom. The Kier molecular flexibility index (Phi) is 5.39. The van der Waals surface area contributed by atoms with Gasteiger partial charge in [-0.05, 0) is 97.8 Å². The van der Waals surface area contributed by atoms with Crippen molar-refractivity contribution >= 4 is 73.0 Å². The number of ether oxygens (including phenoxy) is 1. The summed E-state index contributed by atoms with van der Waals surface area (Å²) in [5.41, 5.74) is 18.0. The lowest BCUT2D eigenvalue weighted by atomic mass is 9.32. The molecule has 2 nitrogen and oxygen atoms in total. The van der Waals surface area contributed by atoms with Crippen LogP contribution < -0.4 is 36.2 Å². The van der Waals surface area contributed by atoms with E-state index < -0.39 is 0 Å². The largest absolute Gasteiger partial charge is 0.457 e. The molecule has 0 saturated heterocycles. The molecular weight excluding hydrogens is 576 g/mol. The monoisotopic (exact) mass is 611 g/mol. The van der Waals surface area contributed by atoms with Gasteiger partial charge >= 0.3 is 6.85 Å². The maximum atomic E-state index is 6.97. The van der Waals surface area contributed by atoms with Crippen LogP contribution in [0.1, 0.15) is 76.0 Å². The molecule has 0 fully saturated rings. The highest BCUT2D eigenvalue weighted by Crippen LogP contribution is 2.51. The van der Waals surface area contributed by atoms with Crippen molar-refractivity contribution in [1.29, 1.82) is 0 Å². The molecule has 222 valence electrons. The molecule has 5 heterocycles. The van der Waals surface area contributed by atoms with Crippen molar-refractivity contribution in [3.63, 3.8) is 0 Å². The smallest absolute Gasteiger partial charge is 0.329 e. The topological polar surface area (TPSA) is 12.5 Å². The van der Waals surface area contributed by atoms with E-state index in [1.807, 2.05) is 11.3 Å². The average molecular weight is 611 g/mol. The predicted octanol–water partition coefficient (Wildman–Crippen LogP) is 8.11. The van der Waals surface area contributed by atoms with Gasteiger partial charge in [-0.25, -0.2) is 0 Å². The van der Waals surface area contributed by atoms with Crippen molar-refractivity contribution in [2.45, 2.75) is 59.3 Å². The van der Waals surface area contributed by atoms with E-state index in [0.29, 0.717) is 17.8 Å². The van der Waals surface area contributed by atoms with Gasteiger partial charge in [0.15, 0.2) is 0 Å². The van der Waals surface area contributed by atoms with Crippen LogP contribution in [0, 0.1) is 0 Å². The van der Waals surface area contributed by atoms with Crippen LogP contribution in [0.4, 0.5) is 11.4 Å². The third-order valence-electron chi connectivity index (χ3n) is 11.0. The zero-order valence-corrected chi connectivity index (χ0v) is 28.0. The summed E-state index contributed by atoms with van der Waals surface area (Å²) in [4.78, 5) is 2.74. The van der Waals surface area contributed by atoms with E-state index in [1.54, 1.807) is 0 Å². The Morgan fingerprint density at radius 2 is 1.24 bits per heavy atom. The fourth-order valence-corrected chi connectivity index (χ4v) is 9.92. The van der Waals surface area contributed by atoms with Gasteiger partial charge in [-0.2, -0.15) is 0 Å². The molecule has 0 spiro atoms. The lowest BCUT2D eigenvalue weighted by Crippen LogP contribution is -2.68. The van der Waals surface area contributed by atoms with Crippen molar-refractivity contribution in [3.05, 3.63) is 102 Å². The number of nitrogens with zero attached hydrogens (tertiary/aromatic N) is 1.